The molecule has 5 nitrogen and oxygen atoms in total. The van der Waals surface area contributed by atoms with Crippen molar-refractivity contribution in [2.45, 2.75) is 19.8 Å². The van der Waals surface area contributed by atoms with Gasteiger partial charge in [-0.25, -0.2) is 0 Å². The van der Waals surface area contributed by atoms with Gasteiger partial charge in [0.1, 0.15) is 5.75 Å². The van der Waals surface area contributed by atoms with Crippen molar-refractivity contribution >= 4 is 29.1 Å². The first-order valence-electron chi connectivity index (χ1n) is 8.43. The van der Waals surface area contributed by atoms with Crippen molar-refractivity contribution in [2.24, 2.45) is 0 Å². The van der Waals surface area contributed by atoms with Crippen molar-refractivity contribution in [1.82, 2.24) is 5.32 Å². The lowest BCUT2D eigenvalue weighted by molar-refractivity contribution is -0.121. The minimum Gasteiger partial charge on any atom is -0.497 e. The van der Waals surface area contributed by atoms with Gasteiger partial charge in [-0.2, -0.15) is 0 Å². The molecule has 0 fully saturated rings. The van der Waals surface area contributed by atoms with Gasteiger partial charge in [0.05, 0.1) is 7.11 Å². The summed E-state index contributed by atoms with van der Waals surface area (Å²) in [7, 11) is 1.57. The fourth-order valence-electron chi connectivity index (χ4n) is 2.55. The number of carbonyl (C=O) groups is 2. The van der Waals surface area contributed by atoms with Crippen LogP contribution in [-0.4, -0.2) is 32.0 Å². The summed E-state index contributed by atoms with van der Waals surface area (Å²) in [6.07, 6.45) is 0.965. The van der Waals surface area contributed by atoms with Gasteiger partial charge >= 0.3 is 0 Å². The highest BCUT2D eigenvalue weighted by Crippen LogP contribution is 2.21. The minimum absolute atomic E-state index is 0.0897. The third-order valence-corrected chi connectivity index (χ3v) is 4.21. The van der Waals surface area contributed by atoms with Gasteiger partial charge in [0.2, 0.25) is 11.8 Å². The van der Waals surface area contributed by atoms with E-state index in [2.05, 4.69) is 5.32 Å². The Bertz CT molecular complexity index is 747. The number of benzene rings is 2. The van der Waals surface area contributed by atoms with Gasteiger partial charge in [0.25, 0.3) is 0 Å². The summed E-state index contributed by atoms with van der Waals surface area (Å²) in [6, 6.07) is 14.8. The molecule has 6 heteroatoms. The van der Waals surface area contributed by atoms with E-state index in [1.54, 1.807) is 18.1 Å². The number of anilines is 1. The van der Waals surface area contributed by atoms with E-state index in [-0.39, 0.29) is 18.2 Å². The zero-order valence-electron chi connectivity index (χ0n) is 15.0. The topological polar surface area (TPSA) is 58.6 Å². The molecule has 138 valence electrons. The first kappa shape index (κ1) is 19.8. The second-order valence-corrected chi connectivity index (χ2v) is 6.28. The summed E-state index contributed by atoms with van der Waals surface area (Å²) in [6.45, 7) is 2.34. The van der Waals surface area contributed by atoms with E-state index in [0.29, 0.717) is 29.5 Å². The number of amides is 2. The zero-order chi connectivity index (χ0) is 18.9. The van der Waals surface area contributed by atoms with Crippen molar-refractivity contribution in [1.29, 1.82) is 0 Å². The van der Waals surface area contributed by atoms with E-state index in [1.165, 1.54) is 6.92 Å². The minimum atomic E-state index is -0.118. The summed E-state index contributed by atoms with van der Waals surface area (Å²) in [5, 5.41) is 3.57. The predicted molar refractivity (Wildman–Crippen MR) is 104 cm³/mol. The van der Waals surface area contributed by atoms with E-state index in [0.717, 1.165) is 12.0 Å². The maximum absolute atomic E-state index is 12.1. The van der Waals surface area contributed by atoms with E-state index in [9.17, 15) is 9.59 Å². The van der Waals surface area contributed by atoms with Crippen molar-refractivity contribution in [3.8, 4) is 5.75 Å². The normalized spacial score (nSPS) is 10.3. The molecule has 0 heterocycles. The Morgan fingerprint density at radius 2 is 1.88 bits per heavy atom. The van der Waals surface area contributed by atoms with Gasteiger partial charge in [-0.05, 0) is 36.2 Å². The van der Waals surface area contributed by atoms with Gasteiger partial charge < -0.3 is 15.0 Å². The monoisotopic (exact) mass is 374 g/mol. The van der Waals surface area contributed by atoms with Gasteiger partial charge in [-0.1, -0.05) is 29.8 Å². The fourth-order valence-corrected chi connectivity index (χ4v) is 2.67. The van der Waals surface area contributed by atoms with Crippen molar-refractivity contribution < 1.29 is 14.3 Å². The van der Waals surface area contributed by atoms with E-state index >= 15 is 0 Å². The predicted octanol–water partition coefficient (Wildman–Crippen LogP) is 3.45. The molecule has 2 rings (SSSR count). The fraction of sp³-hybridized carbons (Fsp3) is 0.300. The summed E-state index contributed by atoms with van der Waals surface area (Å²) < 4.78 is 5.19. The first-order chi connectivity index (χ1) is 12.5. The summed E-state index contributed by atoms with van der Waals surface area (Å²) >= 11 is 5.85. The molecule has 26 heavy (non-hydrogen) atoms. The molecule has 0 aromatic heterocycles. The molecule has 0 unspecified atom stereocenters. The Balaban J connectivity index is 1.83. The third kappa shape index (κ3) is 6.08. The number of nitrogens with zero attached hydrogens (tertiary/aromatic N) is 1. The Hall–Kier alpha value is -2.53. The standard InChI is InChI=1S/C20H23ClN2O3/c1-15(24)23(18-4-3-5-19(14-18)26-2)13-11-20(25)22-12-10-16-6-8-17(21)9-7-16/h3-9,14H,10-13H2,1-2H3,(H,22,25). The SMILES string of the molecule is COc1cccc(N(CCC(=O)NCCc2ccc(Cl)cc2)C(C)=O)c1. The lowest BCUT2D eigenvalue weighted by Crippen LogP contribution is -2.34. The molecule has 0 aliphatic rings. The lowest BCUT2D eigenvalue weighted by atomic mass is 10.1. The van der Waals surface area contributed by atoms with Crippen LogP contribution in [0.5, 0.6) is 5.75 Å². The average Bonchev–Trinajstić information content (AvgIpc) is 2.63. The number of hydrogen-bond acceptors (Lipinski definition) is 3. The third-order valence-electron chi connectivity index (χ3n) is 3.96. The summed E-state index contributed by atoms with van der Waals surface area (Å²) in [5.41, 5.74) is 1.82. The van der Waals surface area contributed by atoms with Crippen LogP contribution in [0, 0.1) is 0 Å². The van der Waals surface area contributed by atoms with E-state index in [4.69, 9.17) is 16.3 Å². The molecular weight excluding hydrogens is 352 g/mol. The molecule has 0 aliphatic heterocycles. The maximum Gasteiger partial charge on any atom is 0.223 e. The van der Waals surface area contributed by atoms with Crippen LogP contribution < -0.4 is 15.0 Å². The number of rotatable bonds is 8. The van der Waals surface area contributed by atoms with Crippen LogP contribution in [0.3, 0.4) is 0 Å². The molecule has 0 aliphatic carbocycles. The number of hydrogen-bond donors (Lipinski definition) is 1. The zero-order valence-corrected chi connectivity index (χ0v) is 15.8. The highest BCUT2D eigenvalue weighted by atomic mass is 35.5. The second kappa shape index (κ2) is 9.82. The summed E-state index contributed by atoms with van der Waals surface area (Å²) in [5.74, 6) is 0.460. The number of ether oxygens (including phenoxy) is 1. The smallest absolute Gasteiger partial charge is 0.223 e. The first-order valence-corrected chi connectivity index (χ1v) is 8.80. The van der Waals surface area contributed by atoms with Crippen molar-refractivity contribution in [3.05, 3.63) is 59.1 Å². The highest BCUT2D eigenvalue weighted by molar-refractivity contribution is 6.30. The molecule has 2 amide bonds. The molecule has 0 radical (unpaired) electrons. The highest BCUT2D eigenvalue weighted by Gasteiger charge is 2.14. The maximum atomic E-state index is 12.1. The van der Waals surface area contributed by atoms with Crippen LogP contribution in [0.4, 0.5) is 5.69 Å². The molecule has 0 spiro atoms. The molecular formula is C20H23ClN2O3. The van der Waals surface area contributed by atoms with E-state index in [1.807, 2.05) is 42.5 Å². The van der Waals surface area contributed by atoms with Gasteiger partial charge in [-0.3, -0.25) is 9.59 Å². The Kier molecular flexibility index (Phi) is 7.48. The number of halogens is 1. The van der Waals surface area contributed by atoms with Crippen molar-refractivity contribution in [3.63, 3.8) is 0 Å². The number of carbonyl (C=O) groups excluding carboxylic acids is 2. The van der Waals surface area contributed by atoms with Crippen LogP contribution in [0.1, 0.15) is 18.9 Å². The molecule has 0 saturated carbocycles. The Morgan fingerprint density at radius 1 is 1.15 bits per heavy atom. The molecule has 0 atom stereocenters. The van der Waals surface area contributed by atoms with E-state index < -0.39 is 0 Å². The van der Waals surface area contributed by atoms with Crippen LogP contribution in [0.15, 0.2) is 48.5 Å². The Labute approximate surface area is 158 Å². The number of nitrogens with one attached hydrogen (secondary N) is 1. The Morgan fingerprint density at radius 3 is 2.54 bits per heavy atom. The van der Waals surface area contributed by atoms with Crippen LogP contribution in [0.25, 0.3) is 0 Å². The largest absolute Gasteiger partial charge is 0.497 e. The van der Waals surface area contributed by atoms with Gasteiger partial charge in [-0.15, -0.1) is 0 Å². The lowest BCUT2D eigenvalue weighted by Gasteiger charge is -2.21. The summed E-state index contributed by atoms with van der Waals surface area (Å²) in [4.78, 5) is 25.6. The van der Waals surface area contributed by atoms with Gasteiger partial charge in [0, 0.05) is 43.2 Å². The quantitative estimate of drug-likeness (QED) is 0.769. The molecule has 0 saturated heterocycles. The molecule has 2 aromatic rings. The van der Waals surface area contributed by atoms with Crippen LogP contribution in [0.2, 0.25) is 5.02 Å². The van der Waals surface area contributed by atoms with Crippen LogP contribution in [-0.2, 0) is 16.0 Å². The molecule has 0 bridgehead atoms. The van der Waals surface area contributed by atoms with Crippen molar-refractivity contribution in [2.75, 3.05) is 25.1 Å². The second-order valence-electron chi connectivity index (χ2n) is 5.85. The van der Waals surface area contributed by atoms with Gasteiger partial charge in [0.15, 0.2) is 0 Å². The molecule has 1 N–H and O–H groups in total. The molecule has 2 aromatic carbocycles. The average molecular weight is 375 g/mol. The number of methoxy groups -OCH3 is 1. The van der Waals surface area contributed by atoms with Crippen LogP contribution >= 0.6 is 11.6 Å².